The molecule has 0 spiro atoms. The van der Waals surface area contributed by atoms with Gasteiger partial charge in [0.1, 0.15) is 6.04 Å². The van der Waals surface area contributed by atoms with Gasteiger partial charge in [-0.15, -0.1) is 11.3 Å². The van der Waals surface area contributed by atoms with Crippen LogP contribution < -0.4 is 10.6 Å². The van der Waals surface area contributed by atoms with Crippen molar-refractivity contribution in [1.29, 1.82) is 0 Å². The number of aliphatic carboxylic acids is 1. The van der Waals surface area contributed by atoms with Crippen LogP contribution in [-0.2, 0) is 10.2 Å². The van der Waals surface area contributed by atoms with Gasteiger partial charge >= 0.3 is 12.0 Å². The van der Waals surface area contributed by atoms with Crippen LogP contribution in [0.1, 0.15) is 39.5 Å². The molecule has 0 aliphatic heterocycles. The molecular weight excluding hydrogens is 288 g/mol. The number of carboxylic acid groups (broad SMARTS) is 1. The molecule has 0 aliphatic rings. The highest BCUT2D eigenvalue weighted by molar-refractivity contribution is 7.10. The highest BCUT2D eigenvalue weighted by Crippen LogP contribution is 2.26. The van der Waals surface area contributed by atoms with Crippen molar-refractivity contribution in [3.05, 3.63) is 22.4 Å². The smallest absolute Gasteiger partial charge is 0.326 e. The van der Waals surface area contributed by atoms with Gasteiger partial charge in [0.25, 0.3) is 0 Å². The van der Waals surface area contributed by atoms with Crippen LogP contribution in [0.5, 0.6) is 0 Å². The van der Waals surface area contributed by atoms with E-state index in [1.165, 1.54) is 4.88 Å². The summed E-state index contributed by atoms with van der Waals surface area (Å²) in [4.78, 5) is 24.3. The maximum Gasteiger partial charge on any atom is 0.326 e. The minimum atomic E-state index is -1.03. The summed E-state index contributed by atoms with van der Waals surface area (Å²) in [5.74, 6) is -1.03. The van der Waals surface area contributed by atoms with Gasteiger partial charge in [0.15, 0.2) is 0 Å². The molecule has 118 valence electrons. The third-order valence-corrected chi connectivity index (χ3v) is 4.50. The first kappa shape index (κ1) is 17.5. The molecule has 1 aromatic heterocycles. The number of hydrogen-bond donors (Lipinski definition) is 3. The van der Waals surface area contributed by atoms with E-state index < -0.39 is 23.5 Å². The molecule has 21 heavy (non-hydrogen) atoms. The standard InChI is InChI=1S/C15H24N2O3S/c1-14(2,3)11(12(18)19)17-13(20)16-9-15(4,5)10-7-6-8-21-10/h6-8,11H,9H2,1-5H3,(H,18,19)(H2,16,17,20). The number of thiophene rings is 1. The fourth-order valence-corrected chi connectivity index (χ4v) is 2.73. The van der Waals surface area contributed by atoms with Gasteiger partial charge < -0.3 is 15.7 Å². The SMILES string of the molecule is CC(C)(CNC(=O)NC(C(=O)O)C(C)(C)C)c1cccs1. The Balaban J connectivity index is 2.60. The second kappa shape index (κ2) is 6.47. The van der Waals surface area contributed by atoms with Crippen LogP contribution in [0.3, 0.4) is 0 Å². The molecule has 1 aromatic rings. The molecule has 0 fully saturated rings. The number of rotatable bonds is 5. The summed E-state index contributed by atoms with van der Waals surface area (Å²) in [6, 6.07) is 2.62. The Morgan fingerprint density at radius 1 is 1.29 bits per heavy atom. The highest BCUT2D eigenvalue weighted by atomic mass is 32.1. The average Bonchev–Trinajstić information content (AvgIpc) is 2.86. The first-order valence-electron chi connectivity index (χ1n) is 6.85. The second-order valence-electron chi connectivity index (χ2n) is 6.83. The van der Waals surface area contributed by atoms with E-state index in [0.717, 1.165) is 0 Å². The zero-order valence-corrected chi connectivity index (χ0v) is 14.0. The number of carbonyl (C=O) groups excluding carboxylic acids is 1. The van der Waals surface area contributed by atoms with E-state index >= 15 is 0 Å². The maximum absolute atomic E-state index is 11.9. The lowest BCUT2D eigenvalue weighted by atomic mass is 9.87. The third kappa shape index (κ3) is 5.04. The molecule has 0 bridgehead atoms. The van der Waals surface area contributed by atoms with E-state index in [4.69, 9.17) is 0 Å². The first-order chi connectivity index (χ1) is 9.54. The predicted molar refractivity (Wildman–Crippen MR) is 84.8 cm³/mol. The number of nitrogens with one attached hydrogen (secondary N) is 2. The average molecular weight is 312 g/mol. The Hall–Kier alpha value is -1.56. The van der Waals surface area contributed by atoms with Gasteiger partial charge in [-0.1, -0.05) is 40.7 Å². The summed E-state index contributed by atoms with van der Waals surface area (Å²) in [5.41, 5.74) is -0.738. The van der Waals surface area contributed by atoms with Crippen molar-refractivity contribution >= 4 is 23.3 Å². The Bertz CT molecular complexity index is 490. The number of hydrogen-bond acceptors (Lipinski definition) is 3. The van der Waals surface area contributed by atoms with Gasteiger partial charge in [-0.05, 0) is 16.9 Å². The summed E-state index contributed by atoms with van der Waals surface area (Å²) in [6.45, 7) is 9.86. The van der Waals surface area contributed by atoms with Crippen molar-refractivity contribution in [3.63, 3.8) is 0 Å². The van der Waals surface area contributed by atoms with Crippen LogP contribution in [-0.4, -0.2) is 29.7 Å². The summed E-state index contributed by atoms with van der Waals surface area (Å²) in [5, 5.41) is 16.5. The van der Waals surface area contributed by atoms with Gasteiger partial charge in [-0.3, -0.25) is 0 Å². The summed E-state index contributed by atoms with van der Waals surface area (Å²) in [7, 11) is 0. The first-order valence-corrected chi connectivity index (χ1v) is 7.73. The zero-order chi connectivity index (χ0) is 16.3. The molecule has 2 amide bonds. The van der Waals surface area contributed by atoms with E-state index in [1.807, 2.05) is 31.4 Å². The molecule has 0 saturated heterocycles. The lowest BCUT2D eigenvalue weighted by Gasteiger charge is -2.29. The van der Waals surface area contributed by atoms with Crippen LogP contribution in [0.15, 0.2) is 17.5 Å². The molecule has 1 rings (SSSR count). The van der Waals surface area contributed by atoms with E-state index in [2.05, 4.69) is 10.6 Å². The molecule has 1 unspecified atom stereocenters. The van der Waals surface area contributed by atoms with E-state index in [-0.39, 0.29) is 5.41 Å². The Morgan fingerprint density at radius 2 is 1.90 bits per heavy atom. The van der Waals surface area contributed by atoms with Crippen molar-refractivity contribution < 1.29 is 14.7 Å². The van der Waals surface area contributed by atoms with Crippen LogP contribution in [0.2, 0.25) is 0 Å². The van der Waals surface area contributed by atoms with E-state index in [1.54, 1.807) is 32.1 Å². The molecule has 5 nitrogen and oxygen atoms in total. The fourth-order valence-electron chi connectivity index (χ4n) is 1.88. The van der Waals surface area contributed by atoms with Crippen LogP contribution >= 0.6 is 11.3 Å². The quantitative estimate of drug-likeness (QED) is 0.782. The molecule has 3 N–H and O–H groups in total. The lowest BCUT2D eigenvalue weighted by Crippen LogP contribution is -2.53. The molecule has 0 radical (unpaired) electrons. The maximum atomic E-state index is 11.9. The number of carboxylic acids is 1. The fraction of sp³-hybridized carbons (Fsp3) is 0.600. The monoisotopic (exact) mass is 312 g/mol. The van der Waals surface area contributed by atoms with Gasteiger partial charge in [-0.2, -0.15) is 0 Å². The van der Waals surface area contributed by atoms with Gasteiger partial charge in [0.2, 0.25) is 0 Å². The van der Waals surface area contributed by atoms with Gasteiger partial charge in [0.05, 0.1) is 0 Å². The normalized spacial score (nSPS) is 13.6. The minimum absolute atomic E-state index is 0.189. The Labute approximate surface area is 129 Å². The van der Waals surface area contributed by atoms with Crippen molar-refractivity contribution in [3.8, 4) is 0 Å². The third-order valence-electron chi connectivity index (χ3n) is 3.27. The molecule has 1 heterocycles. The van der Waals surface area contributed by atoms with Crippen LogP contribution in [0.4, 0.5) is 4.79 Å². The number of carbonyl (C=O) groups is 2. The number of urea groups is 1. The van der Waals surface area contributed by atoms with Crippen molar-refractivity contribution in [2.24, 2.45) is 5.41 Å². The largest absolute Gasteiger partial charge is 0.480 e. The molecular formula is C15H24N2O3S. The van der Waals surface area contributed by atoms with Crippen molar-refractivity contribution in [2.45, 2.75) is 46.1 Å². The van der Waals surface area contributed by atoms with E-state index in [0.29, 0.717) is 6.54 Å². The van der Waals surface area contributed by atoms with Crippen LogP contribution in [0, 0.1) is 5.41 Å². The van der Waals surface area contributed by atoms with Crippen molar-refractivity contribution in [1.82, 2.24) is 10.6 Å². The minimum Gasteiger partial charge on any atom is -0.480 e. The molecule has 0 saturated carbocycles. The summed E-state index contributed by atoms with van der Waals surface area (Å²) in [6.07, 6.45) is 0. The molecule has 0 aromatic carbocycles. The number of amides is 2. The topological polar surface area (TPSA) is 78.4 Å². The molecule has 0 aliphatic carbocycles. The van der Waals surface area contributed by atoms with Crippen LogP contribution in [0.25, 0.3) is 0 Å². The zero-order valence-electron chi connectivity index (χ0n) is 13.2. The highest BCUT2D eigenvalue weighted by Gasteiger charge is 2.33. The van der Waals surface area contributed by atoms with Gasteiger partial charge in [-0.25, -0.2) is 9.59 Å². The summed E-state index contributed by atoms with van der Waals surface area (Å²) >= 11 is 1.64. The van der Waals surface area contributed by atoms with Crippen molar-refractivity contribution in [2.75, 3.05) is 6.54 Å². The molecule has 6 heteroatoms. The second-order valence-corrected chi connectivity index (χ2v) is 7.77. The Kier molecular flexibility index (Phi) is 5.39. The van der Waals surface area contributed by atoms with E-state index in [9.17, 15) is 14.7 Å². The Morgan fingerprint density at radius 3 is 2.33 bits per heavy atom. The predicted octanol–water partition coefficient (Wildman–Crippen LogP) is 2.82. The summed E-state index contributed by atoms with van der Waals surface area (Å²) < 4.78 is 0. The molecule has 1 atom stereocenters. The lowest BCUT2D eigenvalue weighted by molar-refractivity contribution is -0.141. The van der Waals surface area contributed by atoms with Gasteiger partial charge in [0, 0.05) is 16.8 Å².